The van der Waals surface area contributed by atoms with E-state index in [4.69, 9.17) is 5.73 Å². The summed E-state index contributed by atoms with van der Waals surface area (Å²) in [6.45, 7) is 9.10. The molecule has 4 heteroatoms. The average molecular weight is 266 g/mol. The summed E-state index contributed by atoms with van der Waals surface area (Å²) in [4.78, 5) is 12.0. The first kappa shape index (κ1) is 15.5. The summed E-state index contributed by atoms with van der Waals surface area (Å²) in [6.07, 6.45) is 0. The number of anilines is 1. The molecule has 0 spiro atoms. The Kier molecular flexibility index (Phi) is 5.33. The lowest BCUT2D eigenvalue weighted by Gasteiger charge is -2.25. The molecule has 1 rings (SSSR count). The second-order valence-corrected chi connectivity index (χ2v) is 5.59. The molecule has 1 aromatic carbocycles. The SMILES string of the molecule is CC(C)C(CNC(=O)c1cc(F)ccc1N)C(C)C. The van der Waals surface area contributed by atoms with Crippen molar-refractivity contribution in [1.82, 2.24) is 5.32 Å². The van der Waals surface area contributed by atoms with Gasteiger partial charge in [-0.05, 0) is 36.0 Å². The van der Waals surface area contributed by atoms with Crippen molar-refractivity contribution in [1.29, 1.82) is 0 Å². The first-order chi connectivity index (χ1) is 8.82. The smallest absolute Gasteiger partial charge is 0.253 e. The number of amides is 1. The predicted molar refractivity (Wildman–Crippen MR) is 76.3 cm³/mol. The highest BCUT2D eigenvalue weighted by atomic mass is 19.1. The van der Waals surface area contributed by atoms with Gasteiger partial charge in [-0.2, -0.15) is 0 Å². The lowest BCUT2D eigenvalue weighted by molar-refractivity contribution is 0.0937. The predicted octanol–water partition coefficient (Wildman–Crippen LogP) is 3.07. The molecule has 0 heterocycles. The van der Waals surface area contributed by atoms with Gasteiger partial charge in [0.25, 0.3) is 5.91 Å². The highest BCUT2D eigenvalue weighted by molar-refractivity contribution is 5.99. The van der Waals surface area contributed by atoms with Crippen LogP contribution in [0.1, 0.15) is 38.1 Å². The first-order valence-electron chi connectivity index (χ1n) is 6.66. The first-order valence-corrected chi connectivity index (χ1v) is 6.66. The van der Waals surface area contributed by atoms with E-state index in [1.165, 1.54) is 18.2 Å². The van der Waals surface area contributed by atoms with Crippen molar-refractivity contribution in [3.05, 3.63) is 29.6 Å². The fourth-order valence-electron chi connectivity index (χ4n) is 2.27. The van der Waals surface area contributed by atoms with E-state index in [9.17, 15) is 9.18 Å². The molecular formula is C15H23FN2O. The second-order valence-electron chi connectivity index (χ2n) is 5.59. The summed E-state index contributed by atoms with van der Waals surface area (Å²) >= 11 is 0. The number of carbonyl (C=O) groups excluding carboxylic acids is 1. The summed E-state index contributed by atoms with van der Waals surface area (Å²) in [7, 11) is 0. The van der Waals surface area contributed by atoms with E-state index in [1.807, 2.05) is 0 Å². The van der Waals surface area contributed by atoms with Crippen molar-refractivity contribution < 1.29 is 9.18 Å². The molecule has 0 aliphatic carbocycles. The van der Waals surface area contributed by atoms with Crippen molar-refractivity contribution in [2.75, 3.05) is 12.3 Å². The highest BCUT2D eigenvalue weighted by Gasteiger charge is 2.19. The molecular weight excluding hydrogens is 243 g/mol. The molecule has 0 radical (unpaired) electrons. The van der Waals surface area contributed by atoms with Crippen LogP contribution in [-0.2, 0) is 0 Å². The van der Waals surface area contributed by atoms with Crippen LogP contribution in [0.4, 0.5) is 10.1 Å². The molecule has 0 aliphatic rings. The van der Waals surface area contributed by atoms with E-state index in [0.717, 1.165) is 0 Å². The van der Waals surface area contributed by atoms with Crippen molar-refractivity contribution in [2.45, 2.75) is 27.7 Å². The molecule has 106 valence electrons. The zero-order valence-corrected chi connectivity index (χ0v) is 12.0. The van der Waals surface area contributed by atoms with Crippen molar-refractivity contribution in [3.63, 3.8) is 0 Å². The Bertz CT molecular complexity index is 436. The van der Waals surface area contributed by atoms with E-state index in [1.54, 1.807) is 0 Å². The van der Waals surface area contributed by atoms with Crippen LogP contribution >= 0.6 is 0 Å². The van der Waals surface area contributed by atoms with Crippen LogP contribution in [-0.4, -0.2) is 12.5 Å². The normalized spacial score (nSPS) is 11.4. The molecule has 1 aromatic rings. The van der Waals surface area contributed by atoms with Crippen LogP contribution in [0.2, 0.25) is 0 Å². The Hall–Kier alpha value is -1.58. The van der Waals surface area contributed by atoms with Crippen LogP contribution in [0.5, 0.6) is 0 Å². The van der Waals surface area contributed by atoms with Gasteiger partial charge in [0.05, 0.1) is 5.56 Å². The molecule has 19 heavy (non-hydrogen) atoms. The van der Waals surface area contributed by atoms with Crippen LogP contribution in [0, 0.1) is 23.6 Å². The maximum Gasteiger partial charge on any atom is 0.253 e. The molecule has 0 aromatic heterocycles. The van der Waals surface area contributed by atoms with Crippen molar-refractivity contribution in [2.24, 2.45) is 17.8 Å². The Labute approximate surface area is 114 Å². The quantitative estimate of drug-likeness (QED) is 0.805. The van der Waals surface area contributed by atoms with Crippen LogP contribution in [0.25, 0.3) is 0 Å². The zero-order valence-electron chi connectivity index (χ0n) is 12.0. The average Bonchev–Trinajstić information content (AvgIpc) is 2.31. The molecule has 0 aliphatic heterocycles. The minimum Gasteiger partial charge on any atom is -0.398 e. The molecule has 0 saturated carbocycles. The van der Waals surface area contributed by atoms with E-state index in [2.05, 4.69) is 33.0 Å². The lowest BCUT2D eigenvalue weighted by Crippen LogP contribution is -2.34. The van der Waals surface area contributed by atoms with Crippen LogP contribution in [0.15, 0.2) is 18.2 Å². The van der Waals surface area contributed by atoms with Crippen LogP contribution in [0.3, 0.4) is 0 Å². The van der Waals surface area contributed by atoms with Gasteiger partial charge in [-0.15, -0.1) is 0 Å². The molecule has 0 atom stereocenters. The lowest BCUT2D eigenvalue weighted by atomic mass is 9.85. The monoisotopic (exact) mass is 266 g/mol. The number of hydrogen-bond acceptors (Lipinski definition) is 2. The third-order valence-corrected chi connectivity index (χ3v) is 3.47. The number of nitrogen functional groups attached to an aromatic ring is 1. The Balaban J connectivity index is 2.72. The standard InChI is InChI=1S/C15H23FN2O/c1-9(2)13(10(3)4)8-18-15(19)12-7-11(16)5-6-14(12)17/h5-7,9-10,13H,8,17H2,1-4H3,(H,18,19). The molecule has 3 nitrogen and oxygen atoms in total. The number of nitrogens with two attached hydrogens (primary N) is 1. The maximum atomic E-state index is 13.1. The molecule has 1 amide bonds. The summed E-state index contributed by atoms with van der Waals surface area (Å²) in [5.41, 5.74) is 6.18. The fraction of sp³-hybridized carbons (Fsp3) is 0.533. The minimum atomic E-state index is -0.455. The van der Waals surface area contributed by atoms with Crippen molar-refractivity contribution in [3.8, 4) is 0 Å². The van der Waals surface area contributed by atoms with E-state index >= 15 is 0 Å². The van der Waals surface area contributed by atoms with Gasteiger partial charge in [0.1, 0.15) is 5.82 Å². The molecule has 0 saturated heterocycles. The van der Waals surface area contributed by atoms with Crippen molar-refractivity contribution >= 4 is 11.6 Å². The molecule has 3 N–H and O–H groups in total. The number of hydrogen-bond donors (Lipinski definition) is 2. The van der Waals surface area contributed by atoms with Gasteiger partial charge < -0.3 is 11.1 Å². The summed E-state index contributed by atoms with van der Waals surface area (Å²) in [5.74, 6) is 0.570. The minimum absolute atomic E-state index is 0.200. The van der Waals surface area contributed by atoms with Gasteiger partial charge in [0.15, 0.2) is 0 Å². The third-order valence-electron chi connectivity index (χ3n) is 3.47. The van der Waals surface area contributed by atoms with Gasteiger partial charge in [-0.1, -0.05) is 27.7 Å². The maximum absolute atomic E-state index is 13.1. The fourth-order valence-corrected chi connectivity index (χ4v) is 2.27. The Morgan fingerprint density at radius 3 is 2.37 bits per heavy atom. The molecule has 0 unspecified atom stereocenters. The largest absolute Gasteiger partial charge is 0.398 e. The number of carbonyl (C=O) groups is 1. The van der Waals surface area contributed by atoms with Gasteiger partial charge in [-0.25, -0.2) is 4.39 Å². The van der Waals surface area contributed by atoms with E-state index < -0.39 is 5.82 Å². The summed E-state index contributed by atoms with van der Waals surface area (Å²) in [6, 6.07) is 3.83. The van der Waals surface area contributed by atoms with Gasteiger partial charge >= 0.3 is 0 Å². The number of benzene rings is 1. The Morgan fingerprint density at radius 1 is 1.26 bits per heavy atom. The number of halogens is 1. The zero-order chi connectivity index (χ0) is 14.6. The third kappa shape index (κ3) is 4.23. The topological polar surface area (TPSA) is 55.1 Å². The number of nitrogens with one attached hydrogen (secondary N) is 1. The van der Waals surface area contributed by atoms with E-state index in [0.29, 0.717) is 30.0 Å². The summed E-state index contributed by atoms with van der Waals surface area (Å²) < 4.78 is 13.1. The van der Waals surface area contributed by atoms with Gasteiger partial charge in [0.2, 0.25) is 0 Å². The second kappa shape index (κ2) is 6.55. The van der Waals surface area contributed by atoms with E-state index in [-0.39, 0.29) is 11.5 Å². The van der Waals surface area contributed by atoms with Crippen LogP contribution < -0.4 is 11.1 Å². The van der Waals surface area contributed by atoms with Gasteiger partial charge in [0, 0.05) is 12.2 Å². The molecule has 0 fully saturated rings. The molecule has 0 bridgehead atoms. The Morgan fingerprint density at radius 2 is 1.84 bits per heavy atom. The number of rotatable bonds is 5. The summed E-state index contributed by atoms with van der Waals surface area (Å²) in [5, 5.41) is 2.84. The van der Waals surface area contributed by atoms with Gasteiger partial charge in [-0.3, -0.25) is 4.79 Å². The highest BCUT2D eigenvalue weighted by Crippen LogP contribution is 2.20.